The maximum absolute atomic E-state index is 13.6. The predicted molar refractivity (Wildman–Crippen MR) is 192 cm³/mol. The normalized spacial score (nSPS) is 11.4. The number of halogens is 5. The highest BCUT2D eigenvalue weighted by Crippen LogP contribution is 2.29. The molecule has 0 aliphatic rings. The van der Waals surface area contributed by atoms with Crippen LogP contribution < -0.4 is 15.2 Å². The molecule has 0 fully saturated rings. The maximum atomic E-state index is 13.6. The molecule has 20 heteroatoms. The maximum Gasteiger partial charge on any atom is 0.313 e. The number of hydrogen-bond acceptors (Lipinski definition) is 15. The van der Waals surface area contributed by atoms with Gasteiger partial charge in [0.15, 0.2) is 0 Å². The Bertz CT molecular complexity index is 1290. The van der Waals surface area contributed by atoms with Crippen molar-refractivity contribution in [1.29, 1.82) is 0 Å². The van der Waals surface area contributed by atoms with E-state index in [1.807, 2.05) is 12.1 Å². The third-order valence-corrected chi connectivity index (χ3v) is 6.93. The average Bonchev–Trinajstić information content (AvgIpc) is 3.21. The van der Waals surface area contributed by atoms with Crippen molar-refractivity contribution in [2.24, 2.45) is 0 Å². The van der Waals surface area contributed by atoms with E-state index in [-0.39, 0.29) is 26.4 Å². The van der Waals surface area contributed by atoms with E-state index in [4.69, 9.17) is 62.6 Å². The molecule has 57 heavy (non-hydrogen) atoms. The number of carbonyl (C=O) groups is 1. The highest BCUT2D eigenvalue weighted by molar-refractivity contribution is 5.72. The fraction of sp³-hybridized carbons (Fsp3) is 0.649. The summed E-state index contributed by atoms with van der Waals surface area (Å²) in [4.78, 5) is 11.7. The molecule has 2 aromatic carbocycles. The lowest BCUT2D eigenvalue weighted by atomic mass is 10.2. The molecule has 0 saturated carbocycles. The zero-order valence-electron chi connectivity index (χ0n) is 32.0. The second-order valence-electron chi connectivity index (χ2n) is 11.3. The number of anilines is 1. The number of carbonyl (C=O) groups excluding carboxylic acids is 1. The second-order valence-corrected chi connectivity index (χ2v) is 11.3. The predicted octanol–water partition coefficient (Wildman–Crippen LogP) is 3.52. The molecule has 15 nitrogen and oxygen atoms in total. The third kappa shape index (κ3) is 25.0. The molecule has 0 amide bonds. The summed E-state index contributed by atoms with van der Waals surface area (Å²) in [5, 5.41) is 0. The third-order valence-electron chi connectivity index (χ3n) is 6.93. The van der Waals surface area contributed by atoms with Gasteiger partial charge in [0.25, 0.3) is 0 Å². The molecule has 0 atom stereocenters. The molecule has 0 aromatic heterocycles. The Morgan fingerprint density at radius 1 is 0.386 bits per heavy atom. The topological polar surface area (TPSA) is 163 Å². The lowest BCUT2D eigenvalue weighted by Crippen LogP contribution is -2.16. The van der Waals surface area contributed by atoms with Gasteiger partial charge < -0.3 is 67.3 Å². The van der Waals surface area contributed by atoms with E-state index >= 15 is 0 Å². The molecular formula is C37H54F5NO14. The van der Waals surface area contributed by atoms with Crippen molar-refractivity contribution in [2.45, 2.75) is 6.42 Å². The molecule has 0 unspecified atom stereocenters. The van der Waals surface area contributed by atoms with E-state index in [1.54, 1.807) is 12.1 Å². The molecule has 0 aliphatic carbocycles. The number of esters is 1. The number of benzene rings is 2. The van der Waals surface area contributed by atoms with Crippen molar-refractivity contribution in [3.63, 3.8) is 0 Å². The van der Waals surface area contributed by atoms with Crippen molar-refractivity contribution in [3.8, 4) is 11.5 Å². The Labute approximate surface area is 328 Å². The molecule has 0 saturated heterocycles. The van der Waals surface area contributed by atoms with Crippen LogP contribution in [0.4, 0.5) is 27.6 Å². The summed E-state index contributed by atoms with van der Waals surface area (Å²) < 4.78 is 136. The summed E-state index contributed by atoms with van der Waals surface area (Å²) in [6, 6.07) is 7.19. The SMILES string of the molecule is Nc1ccc(OCCOCCOCCOCCOCCOCCOCCOCCOCCOCCOCCOCCC(=O)Oc2c(F)c(F)c(F)c(F)c2F)cc1. The van der Waals surface area contributed by atoms with Crippen LogP contribution in [-0.2, 0) is 56.9 Å². The van der Waals surface area contributed by atoms with Gasteiger partial charge in [-0.25, -0.2) is 13.2 Å². The molecule has 0 radical (unpaired) electrons. The van der Waals surface area contributed by atoms with Crippen LogP contribution in [0, 0.1) is 29.1 Å². The Hall–Kier alpha value is -3.28. The molecule has 2 rings (SSSR count). The summed E-state index contributed by atoms with van der Waals surface area (Å²) in [7, 11) is 0. The first kappa shape index (κ1) is 49.9. The zero-order valence-corrected chi connectivity index (χ0v) is 32.0. The lowest BCUT2D eigenvalue weighted by Gasteiger charge is -2.09. The van der Waals surface area contributed by atoms with Gasteiger partial charge in [0.2, 0.25) is 34.8 Å². The van der Waals surface area contributed by atoms with Gasteiger partial charge in [0.05, 0.1) is 152 Å². The number of rotatable bonds is 38. The highest BCUT2D eigenvalue weighted by atomic mass is 19.2. The lowest BCUT2D eigenvalue weighted by molar-refractivity contribution is -0.136. The molecule has 0 aliphatic heterocycles. The van der Waals surface area contributed by atoms with Gasteiger partial charge in [0.1, 0.15) is 12.4 Å². The molecule has 2 N–H and O–H groups in total. The minimum Gasteiger partial charge on any atom is -0.491 e. The number of hydrogen-bond donors (Lipinski definition) is 1. The molecule has 2 aromatic rings. The fourth-order valence-corrected chi connectivity index (χ4v) is 4.08. The van der Waals surface area contributed by atoms with E-state index < -0.39 is 47.2 Å². The molecular weight excluding hydrogens is 777 g/mol. The summed E-state index contributed by atoms with van der Waals surface area (Å²) in [5.74, 6) is -13.4. The van der Waals surface area contributed by atoms with Crippen LogP contribution in [0.25, 0.3) is 0 Å². The smallest absolute Gasteiger partial charge is 0.313 e. The van der Waals surface area contributed by atoms with Crippen molar-refractivity contribution >= 4 is 11.7 Å². The van der Waals surface area contributed by atoms with Gasteiger partial charge in [-0.1, -0.05) is 0 Å². The summed E-state index contributed by atoms with van der Waals surface area (Å²) in [5.41, 5.74) is 6.33. The van der Waals surface area contributed by atoms with Crippen molar-refractivity contribution < 1.29 is 88.3 Å². The van der Waals surface area contributed by atoms with Gasteiger partial charge in [-0.15, -0.1) is 0 Å². The van der Waals surface area contributed by atoms with E-state index in [2.05, 4.69) is 4.74 Å². The standard InChI is InChI=1S/C37H54F5NO14/c38-32-33(39)35(41)37(36(42)34(32)40)57-31(44)5-6-45-7-8-46-9-10-47-11-12-48-13-14-49-15-16-50-17-18-51-19-20-52-21-22-53-23-24-54-25-26-55-27-28-56-30-3-1-29(43)2-4-30/h1-4H,5-28,43H2. The molecule has 0 heterocycles. The summed E-state index contributed by atoms with van der Waals surface area (Å²) in [6.07, 6.45) is -0.490. The minimum atomic E-state index is -2.35. The van der Waals surface area contributed by atoms with Crippen molar-refractivity contribution in [1.82, 2.24) is 0 Å². The van der Waals surface area contributed by atoms with Crippen LogP contribution in [0.2, 0.25) is 0 Å². The highest BCUT2D eigenvalue weighted by Gasteiger charge is 2.28. The molecule has 0 bridgehead atoms. The van der Waals surface area contributed by atoms with Gasteiger partial charge in [-0.2, -0.15) is 8.78 Å². The first-order valence-corrected chi connectivity index (χ1v) is 18.4. The van der Waals surface area contributed by atoms with Crippen molar-refractivity contribution in [3.05, 3.63) is 53.4 Å². The van der Waals surface area contributed by atoms with Crippen molar-refractivity contribution in [2.75, 3.05) is 158 Å². The van der Waals surface area contributed by atoms with Crippen LogP contribution in [0.3, 0.4) is 0 Å². The van der Waals surface area contributed by atoms with E-state index in [1.165, 1.54) is 0 Å². The van der Waals surface area contributed by atoms with Gasteiger partial charge in [0, 0.05) is 5.69 Å². The Morgan fingerprint density at radius 2 is 0.649 bits per heavy atom. The minimum absolute atomic E-state index is 0.0766. The summed E-state index contributed by atoms with van der Waals surface area (Å²) in [6.45, 7) is 8.51. The Morgan fingerprint density at radius 3 is 0.965 bits per heavy atom. The quantitative estimate of drug-likeness (QED) is 0.0199. The van der Waals surface area contributed by atoms with Crippen LogP contribution in [0.15, 0.2) is 24.3 Å². The fourth-order valence-electron chi connectivity index (χ4n) is 4.08. The molecule has 0 spiro atoms. The van der Waals surface area contributed by atoms with E-state index in [0.717, 1.165) is 5.75 Å². The van der Waals surface area contributed by atoms with Crippen LogP contribution in [0.1, 0.15) is 6.42 Å². The first-order valence-electron chi connectivity index (χ1n) is 18.4. The second kappa shape index (κ2) is 33.7. The Kier molecular flexibility index (Phi) is 29.5. The van der Waals surface area contributed by atoms with E-state index in [0.29, 0.717) is 131 Å². The van der Waals surface area contributed by atoms with E-state index in [9.17, 15) is 26.7 Å². The summed E-state index contributed by atoms with van der Waals surface area (Å²) >= 11 is 0. The van der Waals surface area contributed by atoms with Crippen LogP contribution in [0.5, 0.6) is 11.5 Å². The first-order chi connectivity index (χ1) is 27.8. The Balaban J connectivity index is 1.19. The van der Waals surface area contributed by atoms with Gasteiger partial charge >= 0.3 is 5.97 Å². The van der Waals surface area contributed by atoms with Crippen LogP contribution >= 0.6 is 0 Å². The van der Waals surface area contributed by atoms with Crippen LogP contribution in [-0.4, -0.2) is 158 Å². The monoisotopic (exact) mass is 831 g/mol. The number of nitrogen functional groups attached to an aromatic ring is 1. The van der Waals surface area contributed by atoms with Gasteiger partial charge in [-0.3, -0.25) is 4.79 Å². The average molecular weight is 832 g/mol. The zero-order chi connectivity index (χ0) is 41.2. The van der Waals surface area contributed by atoms with Gasteiger partial charge in [-0.05, 0) is 24.3 Å². The molecule has 326 valence electrons. The largest absolute Gasteiger partial charge is 0.491 e. The number of ether oxygens (including phenoxy) is 13. The number of nitrogens with two attached hydrogens (primary N) is 1.